The maximum Gasteiger partial charge on any atom is 0.309 e. The second-order valence-electron chi connectivity index (χ2n) is 11.1. The average Bonchev–Trinajstić information content (AvgIpc) is 3.59. The van der Waals surface area contributed by atoms with Crippen molar-refractivity contribution in [1.82, 2.24) is 19.0 Å². The van der Waals surface area contributed by atoms with Crippen LogP contribution in [0.25, 0.3) is 23.0 Å². The van der Waals surface area contributed by atoms with Gasteiger partial charge in [0.05, 0.1) is 28.0 Å². The third-order valence-electron chi connectivity index (χ3n) is 7.98. The molecule has 45 heavy (non-hydrogen) atoms. The highest BCUT2D eigenvalue weighted by molar-refractivity contribution is 8.26. The van der Waals surface area contributed by atoms with Gasteiger partial charge in [-0.1, -0.05) is 80.5 Å². The summed E-state index contributed by atoms with van der Waals surface area (Å²) in [7, 11) is -3.82. The van der Waals surface area contributed by atoms with Crippen LogP contribution in [0.3, 0.4) is 0 Å². The van der Waals surface area contributed by atoms with Crippen LogP contribution in [-0.4, -0.2) is 69.8 Å². The quantitative estimate of drug-likeness (QED) is 0.0963. The molecule has 2 saturated heterocycles. The van der Waals surface area contributed by atoms with Gasteiger partial charge in [0.1, 0.15) is 10.0 Å². The first-order valence-electron chi connectivity index (χ1n) is 15.4. The molecule has 2 aliphatic rings. The molecule has 0 spiro atoms. The zero-order chi connectivity index (χ0) is 32.0. The van der Waals surface area contributed by atoms with Crippen LogP contribution in [0.1, 0.15) is 57.9 Å². The van der Waals surface area contributed by atoms with E-state index in [4.69, 9.17) is 22.1 Å². The lowest BCUT2D eigenvalue weighted by atomic mass is 9.98. The summed E-state index contributed by atoms with van der Waals surface area (Å²) in [6.45, 7) is 5.29. The molecule has 9 nitrogen and oxygen atoms in total. The number of aromatic nitrogens is 2. The summed E-state index contributed by atoms with van der Waals surface area (Å²) in [6.07, 6.45) is 8.65. The molecule has 0 aliphatic carbocycles. The fourth-order valence-corrected chi connectivity index (χ4v) is 8.32. The summed E-state index contributed by atoms with van der Waals surface area (Å²) in [5.41, 5.74) is 2.66. The van der Waals surface area contributed by atoms with E-state index in [9.17, 15) is 18.0 Å². The molecule has 1 amide bonds. The SMILES string of the molecule is CCCCCCN1C(=O)/C(=C/c2cn(-c3ccccc3)nc2-c2cccc(S(=O)(=O)N3CCC(C(=O)OCC)CC3)c2)SC1=S. The minimum atomic E-state index is -3.82. The minimum Gasteiger partial charge on any atom is -0.466 e. The summed E-state index contributed by atoms with van der Waals surface area (Å²) in [4.78, 5) is 27.9. The van der Waals surface area contributed by atoms with E-state index in [2.05, 4.69) is 6.92 Å². The number of carbonyl (C=O) groups excluding carboxylic acids is 2. The number of piperidine rings is 1. The van der Waals surface area contributed by atoms with Gasteiger partial charge in [-0.2, -0.15) is 9.40 Å². The van der Waals surface area contributed by atoms with Gasteiger partial charge in [0.2, 0.25) is 10.0 Å². The van der Waals surface area contributed by atoms with Crippen LogP contribution in [0.4, 0.5) is 0 Å². The van der Waals surface area contributed by atoms with Gasteiger partial charge < -0.3 is 4.74 Å². The summed E-state index contributed by atoms with van der Waals surface area (Å²) in [5, 5.41) is 4.85. The Balaban J connectivity index is 1.45. The predicted octanol–water partition coefficient (Wildman–Crippen LogP) is 6.28. The number of ether oxygens (including phenoxy) is 1. The molecule has 0 bridgehead atoms. The molecule has 2 aliphatic heterocycles. The first kappa shape index (κ1) is 33.1. The maximum absolute atomic E-state index is 13.7. The van der Waals surface area contributed by atoms with Crippen LogP contribution in [0.15, 0.2) is 70.6 Å². The van der Waals surface area contributed by atoms with E-state index in [-0.39, 0.29) is 35.8 Å². The number of amides is 1. The third-order valence-corrected chi connectivity index (χ3v) is 11.3. The van der Waals surface area contributed by atoms with Gasteiger partial charge in [0.15, 0.2) is 0 Å². The molecule has 3 heterocycles. The van der Waals surface area contributed by atoms with Gasteiger partial charge >= 0.3 is 5.97 Å². The van der Waals surface area contributed by atoms with Crippen LogP contribution in [0.5, 0.6) is 0 Å². The van der Waals surface area contributed by atoms with Gasteiger partial charge in [-0.15, -0.1) is 0 Å². The Morgan fingerprint density at radius 3 is 2.53 bits per heavy atom. The molecular weight excluding hydrogens is 629 g/mol. The van der Waals surface area contributed by atoms with Crippen molar-refractivity contribution in [1.29, 1.82) is 0 Å². The molecule has 1 aromatic heterocycles. The lowest BCUT2D eigenvalue weighted by Crippen LogP contribution is -2.40. The molecule has 5 rings (SSSR count). The van der Waals surface area contributed by atoms with Crippen molar-refractivity contribution in [2.75, 3.05) is 26.2 Å². The van der Waals surface area contributed by atoms with Gasteiger partial charge in [-0.3, -0.25) is 14.5 Å². The fraction of sp³-hybridized carbons (Fsp3) is 0.394. The van der Waals surface area contributed by atoms with E-state index < -0.39 is 10.0 Å². The van der Waals surface area contributed by atoms with Crippen molar-refractivity contribution in [3.63, 3.8) is 0 Å². The number of carbonyl (C=O) groups is 2. The number of para-hydroxylation sites is 1. The number of hydrogen-bond donors (Lipinski definition) is 0. The summed E-state index contributed by atoms with van der Waals surface area (Å²) >= 11 is 6.84. The number of thioether (sulfide) groups is 1. The van der Waals surface area contributed by atoms with Crippen molar-refractivity contribution in [3.8, 4) is 16.9 Å². The molecule has 0 N–H and O–H groups in total. The van der Waals surface area contributed by atoms with Crippen molar-refractivity contribution >= 4 is 56.3 Å². The molecule has 3 aromatic rings. The topological polar surface area (TPSA) is 102 Å². The van der Waals surface area contributed by atoms with E-state index in [1.54, 1.807) is 40.8 Å². The highest BCUT2D eigenvalue weighted by Gasteiger charge is 2.34. The molecule has 0 atom stereocenters. The molecule has 0 unspecified atom stereocenters. The van der Waals surface area contributed by atoms with E-state index in [1.807, 2.05) is 42.6 Å². The van der Waals surface area contributed by atoms with Crippen LogP contribution < -0.4 is 0 Å². The number of rotatable bonds is 12. The van der Waals surface area contributed by atoms with Crippen molar-refractivity contribution in [2.45, 2.75) is 57.3 Å². The van der Waals surface area contributed by atoms with Crippen LogP contribution in [0, 0.1) is 5.92 Å². The molecule has 0 radical (unpaired) electrons. The van der Waals surface area contributed by atoms with Crippen molar-refractivity contribution < 1.29 is 22.7 Å². The third kappa shape index (κ3) is 7.57. The Labute approximate surface area is 274 Å². The Morgan fingerprint density at radius 1 is 1.07 bits per heavy atom. The Bertz CT molecular complexity index is 1680. The van der Waals surface area contributed by atoms with E-state index in [0.717, 1.165) is 31.4 Å². The van der Waals surface area contributed by atoms with Crippen LogP contribution >= 0.6 is 24.0 Å². The van der Waals surface area contributed by atoms with E-state index in [1.165, 1.54) is 16.1 Å². The van der Waals surface area contributed by atoms with Gasteiger partial charge in [0.25, 0.3) is 5.91 Å². The largest absolute Gasteiger partial charge is 0.466 e. The standard InChI is InChI=1S/C33H38N4O5S3/c1-3-5-6-10-18-36-31(38)29(44-33(36)43)22-26-23-37(27-13-8-7-9-14-27)34-30(26)25-12-11-15-28(21-25)45(40,41)35-19-16-24(17-20-35)32(39)42-4-2/h7-9,11-15,21-24H,3-6,10,16-20H2,1-2H3/b29-22-. The first-order chi connectivity index (χ1) is 21.7. The highest BCUT2D eigenvalue weighted by Crippen LogP contribution is 2.36. The van der Waals surface area contributed by atoms with Gasteiger partial charge in [-0.25, -0.2) is 13.1 Å². The minimum absolute atomic E-state index is 0.123. The normalized spacial score (nSPS) is 17.4. The summed E-state index contributed by atoms with van der Waals surface area (Å²) in [5.74, 6) is -0.689. The summed E-state index contributed by atoms with van der Waals surface area (Å²) in [6, 6.07) is 16.3. The number of nitrogens with zero attached hydrogens (tertiary/aromatic N) is 4. The number of thiocarbonyl (C=S) groups is 1. The number of hydrogen-bond acceptors (Lipinski definition) is 8. The fourth-order valence-electron chi connectivity index (χ4n) is 5.51. The molecule has 238 valence electrons. The zero-order valence-corrected chi connectivity index (χ0v) is 28.0. The highest BCUT2D eigenvalue weighted by atomic mass is 32.2. The number of sulfonamides is 1. The molecule has 2 fully saturated rings. The maximum atomic E-state index is 13.7. The molecule has 12 heteroatoms. The monoisotopic (exact) mass is 666 g/mol. The second kappa shape index (κ2) is 14.8. The molecule has 0 saturated carbocycles. The van der Waals surface area contributed by atoms with Crippen molar-refractivity contribution in [2.24, 2.45) is 5.92 Å². The molecule has 2 aromatic carbocycles. The summed E-state index contributed by atoms with van der Waals surface area (Å²) < 4.78 is 36.3. The number of esters is 1. The number of unbranched alkanes of at least 4 members (excludes halogenated alkanes) is 3. The Morgan fingerprint density at radius 2 is 1.82 bits per heavy atom. The van der Waals surface area contributed by atoms with Crippen molar-refractivity contribution in [3.05, 3.63) is 71.3 Å². The lowest BCUT2D eigenvalue weighted by Gasteiger charge is -2.30. The smallest absolute Gasteiger partial charge is 0.309 e. The van der Waals surface area contributed by atoms with Crippen LogP contribution in [-0.2, 0) is 24.3 Å². The number of benzene rings is 2. The van der Waals surface area contributed by atoms with Gasteiger partial charge in [0, 0.05) is 37.0 Å². The predicted molar refractivity (Wildman–Crippen MR) is 181 cm³/mol. The molecular formula is C33H38N4O5S3. The first-order valence-corrected chi connectivity index (χ1v) is 18.1. The Hall–Kier alpha value is -3.32. The second-order valence-corrected chi connectivity index (χ2v) is 14.7. The van der Waals surface area contributed by atoms with Crippen LogP contribution in [0.2, 0.25) is 0 Å². The zero-order valence-electron chi connectivity index (χ0n) is 25.6. The van der Waals surface area contributed by atoms with Gasteiger partial charge in [-0.05, 0) is 56.5 Å². The lowest BCUT2D eigenvalue weighted by molar-refractivity contribution is -0.149. The van der Waals surface area contributed by atoms with E-state index >= 15 is 0 Å². The average molecular weight is 667 g/mol. The Kier molecular flexibility index (Phi) is 10.9. The van der Waals surface area contributed by atoms with E-state index in [0.29, 0.717) is 52.0 Å².